The lowest BCUT2D eigenvalue weighted by Gasteiger charge is -2.35. The number of nitrogens with one attached hydrogen (secondary N) is 1. The van der Waals surface area contributed by atoms with Crippen LogP contribution in [-0.2, 0) is 9.57 Å². The van der Waals surface area contributed by atoms with Gasteiger partial charge in [-0.25, -0.2) is 4.99 Å². The summed E-state index contributed by atoms with van der Waals surface area (Å²) in [6, 6.07) is 0. The molecule has 5 heteroatoms. The van der Waals surface area contributed by atoms with E-state index in [-0.39, 0.29) is 5.41 Å². The highest BCUT2D eigenvalue weighted by atomic mass is 16.7. The summed E-state index contributed by atoms with van der Waals surface area (Å²) in [4.78, 5) is 9.17. The number of nitrogens with two attached hydrogens (primary N) is 1. The number of ether oxygens (including phenoxy) is 1. The highest BCUT2D eigenvalue weighted by Gasteiger charge is 2.33. The fourth-order valence-electron chi connectivity index (χ4n) is 1.96. The molecule has 14 heavy (non-hydrogen) atoms. The molecule has 0 unspecified atom stereocenters. The van der Waals surface area contributed by atoms with Crippen molar-refractivity contribution in [3.05, 3.63) is 0 Å². The Bertz CT molecular complexity index is 224. The number of aliphatic imine (C=N–C) groups is 1. The van der Waals surface area contributed by atoms with E-state index < -0.39 is 0 Å². The van der Waals surface area contributed by atoms with Crippen LogP contribution in [0.1, 0.15) is 19.3 Å². The monoisotopic (exact) mass is 199 g/mol. The van der Waals surface area contributed by atoms with Gasteiger partial charge in [0, 0.05) is 19.6 Å². The van der Waals surface area contributed by atoms with Gasteiger partial charge in [0.25, 0.3) is 0 Å². The largest absolute Gasteiger partial charge is 0.381 e. The second-order valence-electron chi connectivity index (χ2n) is 3.97. The van der Waals surface area contributed by atoms with Crippen LogP contribution in [0.5, 0.6) is 0 Å². The zero-order valence-electron chi connectivity index (χ0n) is 8.29. The van der Waals surface area contributed by atoms with Crippen LogP contribution in [0.3, 0.4) is 0 Å². The van der Waals surface area contributed by atoms with Gasteiger partial charge in [0.2, 0.25) is 0 Å². The van der Waals surface area contributed by atoms with Crippen LogP contribution in [0.15, 0.2) is 4.99 Å². The number of hydrogen-bond acceptors (Lipinski definition) is 5. The molecule has 3 N–H and O–H groups in total. The van der Waals surface area contributed by atoms with E-state index in [0.29, 0.717) is 13.3 Å². The smallest absolute Gasteiger partial charge is 0.166 e. The lowest BCUT2D eigenvalue weighted by Crippen LogP contribution is -2.40. The summed E-state index contributed by atoms with van der Waals surface area (Å²) in [7, 11) is 0. The molecule has 0 aromatic carbocycles. The third-order valence-electron chi connectivity index (χ3n) is 3.04. The minimum atomic E-state index is 0.164. The summed E-state index contributed by atoms with van der Waals surface area (Å²) >= 11 is 0. The van der Waals surface area contributed by atoms with Crippen molar-refractivity contribution in [3.8, 4) is 0 Å². The van der Waals surface area contributed by atoms with Crippen LogP contribution in [0.4, 0.5) is 0 Å². The molecule has 0 atom stereocenters. The molecule has 0 aromatic rings. The maximum atomic E-state index is 5.84. The molecular formula is C9H17N3O2. The number of amidine groups is 1. The molecule has 5 nitrogen and oxygen atoms in total. The third kappa shape index (κ3) is 2.05. The molecule has 2 heterocycles. The quantitative estimate of drug-likeness (QED) is 0.672. The minimum Gasteiger partial charge on any atom is -0.381 e. The van der Waals surface area contributed by atoms with Crippen molar-refractivity contribution in [2.24, 2.45) is 16.1 Å². The molecule has 0 aromatic heterocycles. The van der Waals surface area contributed by atoms with Crippen LogP contribution >= 0.6 is 0 Å². The van der Waals surface area contributed by atoms with Crippen LogP contribution in [0, 0.1) is 5.41 Å². The van der Waals surface area contributed by atoms with E-state index in [9.17, 15) is 0 Å². The third-order valence-corrected chi connectivity index (χ3v) is 3.04. The van der Waals surface area contributed by atoms with Crippen molar-refractivity contribution >= 4 is 5.84 Å². The lowest BCUT2D eigenvalue weighted by atomic mass is 9.77. The number of nitrogens with zero attached hydrogens (tertiary/aromatic N) is 1. The zero-order valence-corrected chi connectivity index (χ0v) is 8.29. The fourth-order valence-corrected chi connectivity index (χ4v) is 1.96. The first-order chi connectivity index (χ1) is 6.85. The van der Waals surface area contributed by atoms with E-state index in [0.717, 1.165) is 38.3 Å². The molecule has 1 saturated heterocycles. The summed E-state index contributed by atoms with van der Waals surface area (Å²) in [6.45, 7) is 2.74. The zero-order chi connectivity index (χ0) is 9.86. The Labute approximate surface area is 83.6 Å². The van der Waals surface area contributed by atoms with E-state index in [1.807, 2.05) is 0 Å². The molecule has 2 aliphatic heterocycles. The fraction of sp³-hybridized carbons (Fsp3) is 0.889. The van der Waals surface area contributed by atoms with Crippen molar-refractivity contribution in [1.29, 1.82) is 0 Å². The first kappa shape index (κ1) is 9.89. The van der Waals surface area contributed by atoms with Crippen LogP contribution in [0.2, 0.25) is 0 Å². The second kappa shape index (κ2) is 4.25. The summed E-state index contributed by atoms with van der Waals surface area (Å²) in [6.07, 6.45) is 2.92. The normalized spacial score (nSPS) is 25.6. The topological polar surface area (TPSA) is 68.9 Å². The second-order valence-corrected chi connectivity index (χ2v) is 3.97. The standard InChI is InChI=1S/C9H17N3O2/c10-6-9(1-3-13-4-2-9)5-8-11-7-14-12-8/h1-7,10H2,(H,11,12). The Morgan fingerprint density at radius 1 is 1.43 bits per heavy atom. The van der Waals surface area contributed by atoms with E-state index in [1.54, 1.807) is 0 Å². The Morgan fingerprint density at radius 3 is 2.79 bits per heavy atom. The SMILES string of the molecule is NCC1(CC2=NCON2)CCOCC1. The van der Waals surface area contributed by atoms with Gasteiger partial charge in [-0.1, -0.05) is 0 Å². The van der Waals surface area contributed by atoms with Crippen molar-refractivity contribution in [2.75, 3.05) is 26.5 Å². The maximum absolute atomic E-state index is 5.84. The van der Waals surface area contributed by atoms with Gasteiger partial charge in [-0.15, -0.1) is 0 Å². The summed E-state index contributed by atoms with van der Waals surface area (Å²) in [5.41, 5.74) is 8.82. The van der Waals surface area contributed by atoms with Crippen LogP contribution in [0.25, 0.3) is 0 Å². The average molecular weight is 199 g/mol. The maximum Gasteiger partial charge on any atom is 0.166 e. The number of hydroxylamine groups is 1. The lowest BCUT2D eigenvalue weighted by molar-refractivity contribution is 0.0211. The Hall–Kier alpha value is -0.650. The summed E-state index contributed by atoms with van der Waals surface area (Å²) < 4.78 is 5.34. The van der Waals surface area contributed by atoms with E-state index in [4.69, 9.17) is 15.3 Å². The predicted octanol–water partition coefficient (Wildman–Crippen LogP) is 0.0228. The van der Waals surface area contributed by atoms with Gasteiger partial charge in [-0.2, -0.15) is 0 Å². The molecule has 80 valence electrons. The molecule has 1 fully saturated rings. The van der Waals surface area contributed by atoms with Crippen molar-refractivity contribution < 1.29 is 9.57 Å². The molecular weight excluding hydrogens is 182 g/mol. The molecule has 0 saturated carbocycles. The molecule has 0 spiro atoms. The van der Waals surface area contributed by atoms with Crippen LogP contribution in [-0.4, -0.2) is 32.3 Å². The van der Waals surface area contributed by atoms with Crippen LogP contribution < -0.4 is 11.2 Å². The number of hydrogen-bond donors (Lipinski definition) is 2. The molecule has 0 bridgehead atoms. The molecule has 0 amide bonds. The molecule has 2 rings (SSSR count). The summed E-state index contributed by atoms with van der Waals surface area (Å²) in [5, 5.41) is 0. The average Bonchev–Trinajstić information content (AvgIpc) is 2.72. The van der Waals surface area contributed by atoms with Gasteiger partial charge >= 0.3 is 0 Å². The van der Waals surface area contributed by atoms with Gasteiger partial charge in [-0.05, 0) is 24.8 Å². The molecule has 0 radical (unpaired) electrons. The van der Waals surface area contributed by atoms with Gasteiger partial charge in [-0.3, -0.25) is 10.3 Å². The first-order valence-electron chi connectivity index (χ1n) is 5.04. The van der Waals surface area contributed by atoms with Gasteiger partial charge in [0.15, 0.2) is 6.73 Å². The predicted molar refractivity (Wildman–Crippen MR) is 52.7 cm³/mol. The van der Waals surface area contributed by atoms with Gasteiger partial charge in [0.1, 0.15) is 5.84 Å². The first-order valence-corrected chi connectivity index (χ1v) is 5.04. The van der Waals surface area contributed by atoms with E-state index in [2.05, 4.69) is 10.5 Å². The van der Waals surface area contributed by atoms with Gasteiger partial charge in [0.05, 0.1) is 0 Å². The van der Waals surface area contributed by atoms with Crippen molar-refractivity contribution in [3.63, 3.8) is 0 Å². The van der Waals surface area contributed by atoms with Crippen molar-refractivity contribution in [1.82, 2.24) is 5.48 Å². The van der Waals surface area contributed by atoms with E-state index >= 15 is 0 Å². The Balaban J connectivity index is 1.96. The molecule has 2 aliphatic rings. The molecule has 0 aliphatic carbocycles. The summed E-state index contributed by atoms with van der Waals surface area (Å²) in [5.74, 6) is 0.928. The van der Waals surface area contributed by atoms with E-state index in [1.165, 1.54) is 0 Å². The number of rotatable bonds is 3. The van der Waals surface area contributed by atoms with Crippen molar-refractivity contribution in [2.45, 2.75) is 19.3 Å². The Morgan fingerprint density at radius 2 is 2.21 bits per heavy atom. The highest BCUT2D eigenvalue weighted by Crippen LogP contribution is 2.33. The highest BCUT2D eigenvalue weighted by molar-refractivity contribution is 5.82. The Kier molecular flexibility index (Phi) is 3.00. The van der Waals surface area contributed by atoms with Gasteiger partial charge < -0.3 is 10.5 Å². The minimum absolute atomic E-state index is 0.164.